The van der Waals surface area contributed by atoms with Crippen LogP contribution in [-0.2, 0) is 0 Å². The molecule has 5 aliphatic rings. The summed E-state index contributed by atoms with van der Waals surface area (Å²) in [6.45, 7) is 4.82. The molecule has 0 spiro atoms. The highest BCUT2D eigenvalue weighted by Gasteiger charge is 2.48. The monoisotopic (exact) mass is 486 g/mol. The van der Waals surface area contributed by atoms with E-state index >= 15 is 0 Å². The van der Waals surface area contributed by atoms with Crippen molar-refractivity contribution >= 4 is 29.6 Å². The van der Waals surface area contributed by atoms with E-state index < -0.39 is 0 Å². The second kappa shape index (κ2) is 9.91. The maximum Gasteiger partial charge on any atom is 0.319 e. The minimum atomic E-state index is -0.0102. The molecule has 1 aromatic heterocycles. The molecule has 9 heteroatoms. The highest BCUT2D eigenvalue weighted by molar-refractivity contribution is 7.99. The number of piperazine rings is 1. The number of thioether (sulfide) groups is 1. The van der Waals surface area contributed by atoms with Crippen LogP contribution in [0, 0.1) is 23.7 Å². The fourth-order valence-corrected chi connectivity index (χ4v) is 7.59. The zero-order valence-corrected chi connectivity index (χ0v) is 21.5. The molecule has 34 heavy (non-hydrogen) atoms. The Morgan fingerprint density at radius 3 is 2.29 bits per heavy atom. The largest absolute Gasteiger partial charge is 0.349 e. The summed E-state index contributed by atoms with van der Waals surface area (Å²) < 4.78 is 0. The van der Waals surface area contributed by atoms with Crippen molar-refractivity contribution in [3.8, 4) is 0 Å². The Balaban J connectivity index is 1.28. The van der Waals surface area contributed by atoms with Gasteiger partial charge in [0.2, 0.25) is 5.95 Å². The summed E-state index contributed by atoms with van der Waals surface area (Å²) in [4.78, 5) is 40.7. The molecule has 5 fully saturated rings. The van der Waals surface area contributed by atoms with E-state index in [2.05, 4.69) is 22.1 Å². The summed E-state index contributed by atoms with van der Waals surface area (Å²) >= 11 is 1.64. The van der Waals surface area contributed by atoms with Gasteiger partial charge in [0.15, 0.2) is 0 Å². The highest BCUT2D eigenvalue weighted by atomic mass is 32.2. The second-order valence-corrected chi connectivity index (χ2v) is 11.9. The summed E-state index contributed by atoms with van der Waals surface area (Å²) in [7, 11) is 3.56. The van der Waals surface area contributed by atoms with Gasteiger partial charge in [-0.25, -0.2) is 14.8 Å². The molecule has 0 atom stereocenters. The van der Waals surface area contributed by atoms with Crippen LogP contribution in [0.5, 0.6) is 0 Å². The number of nitrogens with one attached hydrogen (secondary N) is 1. The predicted molar refractivity (Wildman–Crippen MR) is 134 cm³/mol. The van der Waals surface area contributed by atoms with Gasteiger partial charge in [0.05, 0.1) is 5.56 Å². The SMILES string of the molecule is CCCSc1nc(N2CCN(C(=O)N(C)C)CC2)ncc1C(=O)NC1C2CC3CC(C2)CC1C3. The molecule has 3 amide bonds. The molecule has 1 aromatic rings. The number of rotatable bonds is 6. The van der Waals surface area contributed by atoms with Gasteiger partial charge in [-0.05, 0) is 67.9 Å². The van der Waals surface area contributed by atoms with Crippen LogP contribution in [-0.4, -0.2) is 83.8 Å². The molecule has 1 aliphatic heterocycles. The van der Waals surface area contributed by atoms with E-state index in [9.17, 15) is 9.59 Å². The number of amides is 3. The molecule has 4 saturated carbocycles. The predicted octanol–water partition coefficient (Wildman–Crippen LogP) is 3.34. The van der Waals surface area contributed by atoms with Crippen molar-refractivity contribution in [2.24, 2.45) is 23.7 Å². The Kier molecular flexibility index (Phi) is 6.91. The van der Waals surface area contributed by atoms with Crippen LogP contribution in [0.25, 0.3) is 0 Å². The molecule has 0 aromatic carbocycles. The minimum Gasteiger partial charge on any atom is -0.349 e. The lowest BCUT2D eigenvalue weighted by atomic mass is 9.54. The van der Waals surface area contributed by atoms with Crippen molar-refractivity contribution in [2.45, 2.75) is 56.5 Å². The molecular formula is C25H38N6O2S. The van der Waals surface area contributed by atoms with Gasteiger partial charge in [0.25, 0.3) is 5.91 Å². The van der Waals surface area contributed by atoms with Crippen molar-refractivity contribution in [3.63, 3.8) is 0 Å². The topological polar surface area (TPSA) is 81.7 Å². The number of urea groups is 1. The van der Waals surface area contributed by atoms with Gasteiger partial charge in [0, 0.05) is 52.5 Å². The summed E-state index contributed by atoms with van der Waals surface area (Å²) in [5.74, 6) is 4.64. The summed E-state index contributed by atoms with van der Waals surface area (Å²) in [6.07, 6.45) is 9.30. The second-order valence-electron chi connectivity index (χ2n) is 10.8. The summed E-state index contributed by atoms with van der Waals surface area (Å²) in [5.41, 5.74) is 0.609. The molecule has 0 unspecified atom stereocenters. The Bertz CT molecular complexity index is 889. The molecular weight excluding hydrogens is 448 g/mol. The van der Waals surface area contributed by atoms with Gasteiger partial charge in [-0.2, -0.15) is 0 Å². The zero-order valence-electron chi connectivity index (χ0n) is 20.7. The number of carbonyl (C=O) groups is 2. The van der Waals surface area contributed by atoms with Crippen LogP contribution in [0.1, 0.15) is 55.8 Å². The molecule has 6 rings (SSSR count). The Morgan fingerprint density at radius 2 is 1.71 bits per heavy atom. The first-order valence-corrected chi connectivity index (χ1v) is 13.9. The maximum absolute atomic E-state index is 13.4. The molecule has 4 bridgehead atoms. The lowest BCUT2D eigenvalue weighted by molar-refractivity contribution is -0.0120. The van der Waals surface area contributed by atoms with Crippen LogP contribution < -0.4 is 10.2 Å². The van der Waals surface area contributed by atoms with E-state index in [1.54, 1.807) is 37.0 Å². The number of carbonyl (C=O) groups excluding carboxylic acids is 2. The summed E-state index contributed by atoms with van der Waals surface area (Å²) in [5, 5.41) is 4.21. The summed E-state index contributed by atoms with van der Waals surface area (Å²) in [6, 6.07) is 0.350. The number of hydrogen-bond donors (Lipinski definition) is 1. The van der Waals surface area contributed by atoms with Crippen LogP contribution >= 0.6 is 11.8 Å². The third-order valence-corrected chi connectivity index (χ3v) is 9.37. The van der Waals surface area contributed by atoms with Crippen molar-refractivity contribution in [1.29, 1.82) is 0 Å². The lowest BCUT2D eigenvalue weighted by Gasteiger charge is -2.54. The number of hydrogen-bond acceptors (Lipinski definition) is 6. The highest BCUT2D eigenvalue weighted by Crippen LogP contribution is 2.53. The third kappa shape index (κ3) is 4.72. The Hall–Kier alpha value is -2.03. The normalized spacial score (nSPS) is 29.9. The van der Waals surface area contributed by atoms with Gasteiger partial charge >= 0.3 is 6.03 Å². The van der Waals surface area contributed by atoms with Crippen LogP contribution in [0.2, 0.25) is 0 Å². The van der Waals surface area contributed by atoms with Crippen molar-refractivity contribution in [1.82, 2.24) is 25.1 Å². The van der Waals surface area contributed by atoms with E-state index in [-0.39, 0.29) is 11.9 Å². The number of nitrogens with zero attached hydrogens (tertiary/aromatic N) is 5. The molecule has 8 nitrogen and oxygen atoms in total. The van der Waals surface area contributed by atoms with Crippen LogP contribution in [0.3, 0.4) is 0 Å². The van der Waals surface area contributed by atoms with Gasteiger partial charge in [-0.15, -0.1) is 11.8 Å². The first-order valence-electron chi connectivity index (χ1n) is 12.9. The first-order chi connectivity index (χ1) is 16.4. The van der Waals surface area contributed by atoms with Crippen LogP contribution in [0.15, 0.2) is 11.2 Å². The average molecular weight is 487 g/mol. The molecule has 2 heterocycles. The van der Waals surface area contributed by atoms with E-state index in [0.29, 0.717) is 55.6 Å². The smallest absolute Gasteiger partial charge is 0.319 e. The molecule has 1 N–H and O–H groups in total. The van der Waals surface area contributed by atoms with E-state index in [1.165, 1.54) is 32.1 Å². The Morgan fingerprint density at radius 1 is 1.06 bits per heavy atom. The van der Waals surface area contributed by atoms with E-state index in [0.717, 1.165) is 29.0 Å². The Labute approximate surface area is 207 Å². The quantitative estimate of drug-likeness (QED) is 0.491. The number of anilines is 1. The fraction of sp³-hybridized carbons (Fsp3) is 0.760. The average Bonchev–Trinajstić information content (AvgIpc) is 2.83. The van der Waals surface area contributed by atoms with Crippen LogP contribution in [0.4, 0.5) is 10.7 Å². The van der Waals surface area contributed by atoms with Crippen molar-refractivity contribution in [3.05, 3.63) is 11.8 Å². The van der Waals surface area contributed by atoms with Crippen molar-refractivity contribution in [2.75, 3.05) is 50.9 Å². The zero-order chi connectivity index (χ0) is 23.8. The minimum absolute atomic E-state index is 0.0102. The lowest BCUT2D eigenvalue weighted by Crippen LogP contribution is -2.55. The third-order valence-electron chi connectivity index (χ3n) is 8.17. The van der Waals surface area contributed by atoms with Gasteiger partial charge in [0.1, 0.15) is 5.03 Å². The molecule has 0 radical (unpaired) electrons. The van der Waals surface area contributed by atoms with Gasteiger partial charge in [-0.3, -0.25) is 4.79 Å². The van der Waals surface area contributed by atoms with Gasteiger partial charge in [-0.1, -0.05) is 6.92 Å². The molecule has 1 saturated heterocycles. The fourth-order valence-electron chi connectivity index (χ4n) is 6.74. The number of aromatic nitrogens is 2. The standard InChI is InChI=1S/C25H38N6O2S/c1-4-9-34-23-20(22(32)27-21-18-11-16-10-17(13-18)14-19(21)12-16)15-26-24(28-23)30-5-7-31(8-6-30)25(33)29(2)3/h15-19,21H,4-14H2,1-3H3,(H,27,32). The maximum atomic E-state index is 13.4. The van der Waals surface area contributed by atoms with Crippen molar-refractivity contribution < 1.29 is 9.59 Å². The van der Waals surface area contributed by atoms with E-state index in [4.69, 9.17) is 4.98 Å². The first kappa shape index (κ1) is 23.7. The van der Waals surface area contributed by atoms with Gasteiger partial charge < -0.3 is 20.0 Å². The van der Waals surface area contributed by atoms with E-state index in [1.807, 2.05) is 4.90 Å². The molecule has 4 aliphatic carbocycles. The molecule has 186 valence electrons.